The molecule has 4 nitrogen and oxygen atoms in total. The summed E-state index contributed by atoms with van der Waals surface area (Å²) >= 11 is 0. The van der Waals surface area contributed by atoms with Crippen LogP contribution in [0.5, 0.6) is 5.75 Å². The third kappa shape index (κ3) is 4.50. The van der Waals surface area contributed by atoms with Crippen LogP contribution in [0, 0.1) is 5.41 Å². The van der Waals surface area contributed by atoms with Crippen LogP contribution in [-0.4, -0.2) is 44.7 Å². The number of hydrogen-bond acceptors (Lipinski definition) is 3. The number of halogens is 1. The molecule has 0 N–H and O–H groups in total. The van der Waals surface area contributed by atoms with Crippen molar-refractivity contribution in [1.82, 2.24) is 4.90 Å². The molecule has 1 aromatic carbocycles. The lowest BCUT2D eigenvalue weighted by atomic mass is 9.51. The van der Waals surface area contributed by atoms with Crippen LogP contribution in [0.15, 0.2) is 36.2 Å². The molecule has 0 unspecified atom stereocenters. The zero-order valence-electron chi connectivity index (χ0n) is 18.0. The number of fused-ring (bicyclic) bond motifs is 3. The predicted octanol–water partition coefficient (Wildman–Crippen LogP) is 5.03. The number of methoxy groups -OCH3 is 1. The monoisotopic (exact) mass is 403 g/mol. The van der Waals surface area contributed by atoms with E-state index >= 15 is 0 Å². The van der Waals surface area contributed by atoms with Crippen molar-refractivity contribution in [3.63, 3.8) is 0 Å². The molecule has 0 aromatic heterocycles. The second kappa shape index (κ2) is 9.29. The van der Waals surface area contributed by atoms with Crippen molar-refractivity contribution in [2.45, 2.75) is 57.3 Å². The predicted molar refractivity (Wildman–Crippen MR) is 113 cm³/mol. The molecule has 3 aliphatic rings. The highest BCUT2D eigenvalue weighted by Gasteiger charge is 2.53. The molecule has 0 radical (unpaired) electrons. The molecule has 0 saturated heterocycles. The molecular weight excluding hydrogens is 369 g/mol. The maximum atomic E-state index is 13.1. The van der Waals surface area contributed by atoms with E-state index in [2.05, 4.69) is 12.1 Å². The van der Waals surface area contributed by atoms with Crippen molar-refractivity contribution in [2.75, 3.05) is 33.9 Å². The summed E-state index contributed by atoms with van der Waals surface area (Å²) in [5.74, 6) is 1.06. The van der Waals surface area contributed by atoms with Crippen molar-refractivity contribution >= 4 is 5.91 Å². The zero-order chi connectivity index (χ0) is 20.9. The minimum Gasteiger partial charge on any atom is -0.489 e. The number of nitrogens with zero attached hydrogens (tertiary/aromatic N) is 1. The van der Waals surface area contributed by atoms with Gasteiger partial charge >= 0.3 is 0 Å². The molecule has 0 atom stereocenters. The Morgan fingerprint density at radius 2 is 1.76 bits per heavy atom. The van der Waals surface area contributed by atoms with Gasteiger partial charge in [-0.3, -0.25) is 4.79 Å². The first-order valence-electron chi connectivity index (χ1n) is 10.7. The number of benzene rings is 1. The van der Waals surface area contributed by atoms with E-state index in [1.54, 1.807) is 7.11 Å². The second-order valence-corrected chi connectivity index (χ2v) is 8.71. The average Bonchev–Trinajstić information content (AvgIpc) is 2.79. The lowest BCUT2D eigenvalue weighted by molar-refractivity contribution is -0.148. The normalized spacial score (nSPS) is 26.4. The van der Waals surface area contributed by atoms with Crippen molar-refractivity contribution in [3.8, 4) is 5.75 Å². The van der Waals surface area contributed by atoms with Gasteiger partial charge in [-0.15, -0.1) is 0 Å². The second-order valence-electron chi connectivity index (χ2n) is 8.71. The fourth-order valence-electron chi connectivity index (χ4n) is 4.97. The Kier molecular flexibility index (Phi) is 6.99. The minimum atomic E-state index is -0.178. The van der Waals surface area contributed by atoms with Gasteiger partial charge in [0.1, 0.15) is 12.4 Å². The highest BCUT2D eigenvalue weighted by molar-refractivity contribution is 5.83. The Morgan fingerprint density at radius 1 is 1.14 bits per heavy atom. The standard InChI is InChI=1S/C24H34FNO3/c1-4-19(17-25)18-29-21-7-5-20(6-8-21)23-9-12-24(13-10-23,14-11-23)22(27)26(2)15-16-28-3/h5-8,17H,4,9-16,18H2,1-3H3/b19-17+. The molecule has 5 heteroatoms. The Morgan fingerprint density at radius 3 is 2.28 bits per heavy atom. The maximum absolute atomic E-state index is 13.1. The van der Waals surface area contributed by atoms with Gasteiger partial charge in [-0.25, -0.2) is 4.39 Å². The summed E-state index contributed by atoms with van der Waals surface area (Å²) in [6.45, 7) is 3.45. The Bertz CT molecular complexity index is 704. The van der Waals surface area contributed by atoms with Crippen LogP contribution in [0.4, 0.5) is 4.39 Å². The average molecular weight is 404 g/mol. The largest absolute Gasteiger partial charge is 0.489 e. The molecule has 1 amide bonds. The van der Waals surface area contributed by atoms with Gasteiger partial charge in [0.2, 0.25) is 5.91 Å². The first kappa shape index (κ1) is 21.8. The molecule has 160 valence electrons. The molecule has 2 bridgehead atoms. The number of rotatable bonds is 9. The summed E-state index contributed by atoms with van der Waals surface area (Å²) in [6.07, 6.45) is 7.34. The smallest absolute Gasteiger partial charge is 0.228 e. The molecule has 3 aliphatic carbocycles. The number of carbonyl (C=O) groups is 1. The lowest BCUT2D eigenvalue weighted by Crippen LogP contribution is -2.52. The molecule has 3 fully saturated rings. The molecule has 29 heavy (non-hydrogen) atoms. The first-order chi connectivity index (χ1) is 14.0. The summed E-state index contributed by atoms with van der Waals surface area (Å²) in [4.78, 5) is 14.9. The molecule has 0 aliphatic heterocycles. The van der Waals surface area contributed by atoms with Gasteiger partial charge in [0.05, 0.1) is 12.9 Å². The summed E-state index contributed by atoms with van der Waals surface area (Å²) in [5, 5.41) is 0. The van der Waals surface area contributed by atoms with E-state index in [-0.39, 0.29) is 10.8 Å². The van der Waals surface area contributed by atoms with Gasteiger partial charge in [-0.05, 0) is 73.6 Å². The van der Waals surface area contributed by atoms with Crippen LogP contribution in [0.3, 0.4) is 0 Å². The van der Waals surface area contributed by atoms with E-state index in [1.165, 1.54) is 5.56 Å². The highest BCUT2D eigenvalue weighted by atomic mass is 19.1. The number of amides is 1. The zero-order valence-corrected chi connectivity index (χ0v) is 18.0. The van der Waals surface area contributed by atoms with Gasteiger partial charge < -0.3 is 14.4 Å². The van der Waals surface area contributed by atoms with E-state index in [0.29, 0.717) is 44.0 Å². The van der Waals surface area contributed by atoms with Gasteiger partial charge in [0.15, 0.2) is 0 Å². The number of carbonyl (C=O) groups excluding carboxylic acids is 1. The number of likely N-dealkylation sites (N-methyl/N-ethyl adjacent to an activating group) is 1. The van der Waals surface area contributed by atoms with Gasteiger partial charge in [0.25, 0.3) is 0 Å². The molecular formula is C24H34FNO3. The SMILES string of the molecule is CC/C(=C\F)COc1ccc(C23CCC(C(=O)N(C)CCOC)(CC2)CC3)cc1. The Balaban J connectivity index is 1.62. The van der Waals surface area contributed by atoms with E-state index in [1.807, 2.05) is 31.0 Å². The quantitative estimate of drug-likeness (QED) is 0.581. The van der Waals surface area contributed by atoms with Crippen LogP contribution in [0.1, 0.15) is 57.4 Å². The number of hydrogen-bond donors (Lipinski definition) is 0. The van der Waals surface area contributed by atoms with Crippen LogP contribution in [0.2, 0.25) is 0 Å². The summed E-state index contributed by atoms with van der Waals surface area (Å²) in [5.41, 5.74) is 2.00. The third-order valence-electron chi connectivity index (χ3n) is 7.18. The third-order valence-corrected chi connectivity index (χ3v) is 7.18. The fraction of sp³-hybridized carbons (Fsp3) is 0.625. The van der Waals surface area contributed by atoms with E-state index in [9.17, 15) is 9.18 Å². The Labute approximate surface area is 174 Å². The van der Waals surface area contributed by atoms with Crippen LogP contribution >= 0.6 is 0 Å². The fourth-order valence-corrected chi connectivity index (χ4v) is 4.97. The maximum Gasteiger partial charge on any atom is 0.228 e. The summed E-state index contributed by atoms with van der Waals surface area (Å²) < 4.78 is 23.5. The van der Waals surface area contributed by atoms with Gasteiger partial charge in [-0.1, -0.05) is 19.1 Å². The van der Waals surface area contributed by atoms with Gasteiger partial charge in [0, 0.05) is 26.1 Å². The van der Waals surface area contributed by atoms with Crippen molar-refractivity contribution in [3.05, 3.63) is 41.7 Å². The number of ether oxygens (including phenoxy) is 2. The topological polar surface area (TPSA) is 38.8 Å². The van der Waals surface area contributed by atoms with Crippen molar-refractivity contribution in [2.24, 2.45) is 5.41 Å². The molecule has 4 rings (SSSR count). The van der Waals surface area contributed by atoms with Gasteiger partial charge in [-0.2, -0.15) is 0 Å². The molecule has 0 spiro atoms. The molecule has 1 aromatic rings. The van der Waals surface area contributed by atoms with Crippen molar-refractivity contribution < 1.29 is 18.7 Å². The van der Waals surface area contributed by atoms with E-state index in [4.69, 9.17) is 9.47 Å². The minimum absolute atomic E-state index is 0.178. The van der Waals surface area contributed by atoms with Crippen molar-refractivity contribution in [1.29, 1.82) is 0 Å². The van der Waals surface area contributed by atoms with Crippen LogP contribution in [0.25, 0.3) is 0 Å². The first-order valence-corrected chi connectivity index (χ1v) is 10.7. The lowest BCUT2D eigenvalue weighted by Gasteiger charge is -2.53. The molecule has 3 saturated carbocycles. The summed E-state index contributed by atoms with van der Waals surface area (Å²) in [6, 6.07) is 8.31. The highest BCUT2D eigenvalue weighted by Crippen LogP contribution is 2.58. The molecule has 0 heterocycles. The van der Waals surface area contributed by atoms with Crippen LogP contribution < -0.4 is 4.74 Å². The van der Waals surface area contributed by atoms with E-state index in [0.717, 1.165) is 44.3 Å². The summed E-state index contributed by atoms with van der Waals surface area (Å²) in [7, 11) is 3.57. The van der Waals surface area contributed by atoms with Crippen LogP contribution in [-0.2, 0) is 14.9 Å². The Hall–Kier alpha value is -1.88. The van der Waals surface area contributed by atoms with E-state index < -0.39 is 0 Å².